The average molecular weight is 530 g/mol. The number of morpholine rings is 1. The van der Waals surface area contributed by atoms with Crippen LogP contribution in [0.2, 0.25) is 0 Å². The van der Waals surface area contributed by atoms with Crippen LogP contribution in [0.4, 0.5) is 0 Å². The maximum absolute atomic E-state index is 6.12. The average Bonchev–Trinajstić information content (AvgIpc) is 3.19. The van der Waals surface area contributed by atoms with Crippen LogP contribution in [-0.2, 0) is 11.3 Å². The number of guanidine groups is 1. The van der Waals surface area contributed by atoms with Crippen LogP contribution in [0, 0.1) is 0 Å². The first kappa shape index (κ1) is 25.4. The van der Waals surface area contributed by atoms with E-state index in [0.29, 0.717) is 6.04 Å². The lowest BCUT2D eigenvalue weighted by molar-refractivity contribution is -0.0502. The van der Waals surface area contributed by atoms with Crippen LogP contribution < -0.4 is 5.32 Å². The normalized spacial score (nSPS) is 22.1. The second kappa shape index (κ2) is 13.5. The standard InChI is InChI=1S/C23H39N5O.HI/c1-4-26(5-2)14-10-9-13-25-23(24-3)28-18-21-22(19-28)29-16-15-27(21)17-20-11-7-6-8-12-20;/h6-8,11-12,21-22H,4-5,9-10,13-19H2,1-3H3,(H,24,25);1H. The lowest BCUT2D eigenvalue weighted by atomic mass is 10.1. The Morgan fingerprint density at radius 1 is 1.17 bits per heavy atom. The Morgan fingerprint density at radius 3 is 2.63 bits per heavy atom. The third-order valence-corrected chi connectivity index (χ3v) is 6.23. The monoisotopic (exact) mass is 529 g/mol. The highest BCUT2D eigenvalue weighted by Gasteiger charge is 2.41. The highest BCUT2D eigenvalue weighted by Crippen LogP contribution is 2.24. The molecule has 0 amide bonds. The molecule has 2 unspecified atom stereocenters. The number of hydrogen-bond acceptors (Lipinski definition) is 4. The van der Waals surface area contributed by atoms with Crippen LogP contribution in [0.15, 0.2) is 35.3 Å². The van der Waals surface area contributed by atoms with E-state index in [1.165, 1.54) is 24.9 Å². The molecule has 2 aliphatic rings. The molecule has 2 fully saturated rings. The van der Waals surface area contributed by atoms with E-state index in [-0.39, 0.29) is 30.1 Å². The maximum Gasteiger partial charge on any atom is 0.193 e. The minimum absolute atomic E-state index is 0. The fourth-order valence-corrected chi connectivity index (χ4v) is 4.48. The van der Waals surface area contributed by atoms with Gasteiger partial charge in [-0.1, -0.05) is 44.2 Å². The molecule has 1 N–H and O–H groups in total. The zero-order valence-electron chi connectivity index (χ0n) is 18.9. The number of aliphatic imine (C=N–C) groups is 1. The fraction of sp³-hybridized carbons (Fsp3) is 0.696. The summed E-state index contributed by atoms with van der Waals surface area (Å²) in [6, 6.07) is 11.2. The number of hydrogen-bond donors (Lipinski definition) is 1. The van der Waals surface area contributed by atoms with Crippen molar-refractivity contribution in [3.8, 4) is 0 Å². The summed E-state index contributed by atoms with van der Waals surface area (Å²) < 4.78 is 6.12. The van der Waals surface area contributed by atoms with Gasteiger partial charge in [-0.15, -0.1) is 24.0 Å². The molecule has 0 spiro atoms. The molecule has 170 valence electrons. The van der Waals surface area contributed by atoms with Gasteiger partial charge < -0.3 is 19.9 Å². The Kier molecular flexibility index (Phi) is 11.4. The van der Waals surface area contributed by atoms with Gasteiger partial charge in [0.05, 0.1) is 18.8 Å². The molecule has 2 aliphatic heterocycles. The molecule has 0 aliphatic carbocycles. The molecule has 0 aromatic heterocycles. The molecular weight excluding hydrogens is 489 g/mol. The summed E-state index contributed by atoms with van der Waals surface area (Å²) >= 11 is 0. The van der Waals surface area contributed by atoms with E-state index in [1.54, 1.807) is 0 Å². The second-order valence-electron chi connectivity index (χ2n) is 8.05. The van der Waals surface area contributed by atoms with E-state index in [4.69, 9.17) is 4.74 Å². The number of fused-ring (bicyclic) bond motifs is 1. The molecule has 30 heavy (non-hydrogen) atoms. The molecule has 3 rings (SSSR count). The molecule has 2 saturated heterocycles. The summed E-state index contributed by atoms with van der Waals surface area (Å²) in [6.07, 6.45) is 2.67. The highest BCUT2D eigenvalue weighted by atomic mass is 127. The first-order chi connectivity index (χ1) is 14.2. The predicted octanol–water partition coefficient (Wildman–Crippen LogP) is 2.89. The zero-order valence-corrected chi connectivity index (χ0v) is 21.3. The lowest BCUT2D eigenvalue weighted by Crippen LogP contribution is -2.50. The smallest absolute Gasteiger partial charge is 0.193 e. The lowest BCUT2D eigenvalue weighted by Gasteiger charge is -2.36. The van der Waals surface area contributed by atoms with Crippen LogP contribution in [-0.4, -0.2) is 92.3 Å². The highest BCUT2D eigenvalue weighted by molar-refractivity contribution is 14.0. The van der Waals surface area contributed by atoms with Crippen molar-refractivity contribution in [1.29, 1.82) is 0 Å². The van der Waals surface area contributed by atoms with Crippen molar-refractivity contribution < 1.29 is 4.74 Å². The Bertz CT molecular complexity index is 625. The number of halogens is 1. The van der Waals surface area contributed by atoms with Gasteiger partial charge in [-0.2, -0.15) is 0 Å². The molecule has 1 aromatic rings. The summed E-state index contributed by atoms with van der Waals surface area (Å²) in [6.45, 7) is 13.6. The van der Waals surface area contributed by atoms with E-state index >= 15 is 0 Å². The van der Waals surface area contributed by atoms with Crippen LogP contribution in [0.3, 0.4) is 0 Å². The molecule has 2 heterocycles. The molecule has 1 aromatic carbocycles. The molecule has 0 radical (unpaired) electrons. The van der Waals surface area contributed by atoms with Gasteiger partial charge in [-0.3, -0.25) is 9.89 Å². The first-order valence-electron chi connectivity index (χ1n) is 11.3. The van der Waals surface area contributed by atoms with Crippen molar-refractivity contribution in [3.05, 3.63) is 35.9 Å². The van der Waals surface area contributed by atoms with Crippen molar-refractivity contribution in [2.75, 3.05) is 59.5 Å². The van der Waals surface area contributed by atoms with Crippen molar-refractivity contribution in [1.82, 2.24) is 20.0 Å². The fourth-order valence-electron chi connectivity index (χ4n) is 4.48. The van der Waals surface area contributed by atoms with Crippen LogP contribution in [0.5, 0.6) is 0 Å². The number of benzene rings is 1. The van der Waals surface area contributed by atoms with Gasteiger partial charge in [0, 0.05) is 39.8 Å². The number of nitrogens with zero attached hydrogens (tertiary/aromatic N) is 4. The topological polar surface area (TPSA) is 43.3 Å². The van der Waals surface area contributed by atoms with Gasteiger partial charge in [0.2, 0.25) is 0 Å². The predicted molar refractivity (Wildman–Crippen MR) is 136 cm³/mol. The first-order valence-corrected chi connectivity index (χ1v) is 11.3. The molecule has 6 nitrogen and oxygen atoms in total. The Balaban J connectivity index is 0.00000320. The summed E-state index contributed by atoms with van der Waals surface area (Å²) in [5, 5.41) is 3.58. The van der Waals surface area contributed by atoms with Gasteiger partial charge in [0.1, 0.15) is 0 Å². The number of ether oxygens (including phenoxy) is 1. The number of rotatable bonds is 9. The van der Waals surface area contributed by atoms with Crippen molar-refractivity contribution in [3.63, 3.8) is 0 Å². The van der Waals surface area contributed by atoms with Gasteiger partial charge in [-0.25, -0.2) is 0 Å². The Labute approximate surface area is 200 Å². The number of unbranched alkanes of at least 4 members (excludes halogenated alkanes) is 1. The van der Waals surface area contributed by atoms with Crippen molar-refractivity contribution in [2.45, 2.75) is 45.4 Å². The van der Waals surface area contributed by atoms with Gasteiger partial charge in [-0.05, 0) is 38.0 Å². The molecule has 0 saturated carbocycles. The van der Waals surface area contributed by atoms with Gasteiger partial charge in [0.15, 0.2) is 5.96 Å². The van der Waals surface area contributed by atoms with Crippen LogP contribution in [0.25, 0.3) is 0 Å². The van der Waals surface area contributed by atoms with Crippen LogP contribution in [0.1, 0.15) is 32.3 Å². The minimum Gasteiger partial charge on any atom is -0.373 e. The molecule has 0 bridgehead atoms. The summed E-state index contributed by atoms with van der Waals surface area (Å²) in [5.74, 6) is 1.02. The van der Waals surface area contributed by atoms with E-state index < -0.39 is 0 Å². The summed E-state index contributed by atoms with van der Waals surface area (Å²) in [4.78, 5) is 12.0. The van der Waals surface area contributed by atoms with E-state index in [2.05, 4.69) is 69.2 Å². The minimum atomic E-state index is 0. The Hall–Kier alpha value is -0.900. The summed E-state index contributed by atoms with van der Waals surface area (Å²) in [5.41, 5.74) is 1.38. The van der Waals surface area contributed by atoms with Crippen LogP contribution >= 0.6 is 24.0 Å². The summed E-state index contributed by atoms with van der Waals surface area (Å²) in [7, 11) is 1.89. The maximum atomic E-state index is 6.12. The molecular formula is C23H40IN5O. The third-order valence-electron chi connectivity index (χ3n) is 6.23. The largest absolute Gasteiger partial charge is 0.373 e. The molecule has 2 atom stereocenters. The third kappa shape index (κ3) is 7.07. The van der Waals surface area contributed by atoms with Gasteiger partial charge in [0.25, 0.3) is 0 Å². The van der Waals surface area contributed by atoms with Gasteiger partial charge >= 0.3 is 0 Å². The van der Waals surface area contributed by atoms with E-state index in [1.807, 2.05) is 7.05 Å². The van der Waals surface area contributed by atoms with Crippen molar-refractivity contribution >= 4 is 29.9 Å². The zero-order chi connectivity index (χ0) is 20.5. The van der Waals surface area contributed by atoms with Crippen molar-refractivity contribution in [2.24, 2.45) is 4.99 Å². The number of likely N-dealkylation sites (tertiary alicyclic amines) is 1. The quantitative estimate of drug-likeness (QED) is 0.231. The number of nitrogens with one attached hydrogen (secondary N) is 1. The van der Waals surface area contributed by atoms with E-state index in [0.717, 1.165) is 58.4 Å². The van der Waals surface area contributed by atoms with E-state index in [9.17, 15) is 0 Å². The molecule has 7 heteroatoms. The second-order valence-corrected chi connectivity index (χ2v) is 8.05. The Morgan fingerprint density at radius 2 is 1.93 bits per heavy atom. The SMILES string of the molecule is CCN(CC)CCCCNC(=NC)N1CC2OCCN(Cc3ccccc3)C2C1.I.